The monoisotopic (exact) mass is 400 g/mol. The van der Waals surface area contributed by atoms with Gasteiger partial charge in [0.1, 0.15) is 11.5 Å². The van der Waals surface area contributed by atoms with Crippen LogP contribution in [0.1, 0.15) is 22.3 Å². The summed E-state index contributed by atoms with van der Waals surface area (Å²) >= 11 is 0. The standard InChI is InChI=1S/C25H21FN2O2/c1-15-6-4-8-19(13-15)27-23-22(21-11-10-16(2)12-17(21)3)24(29)28(25(23)30)20-9-5-7-18(26)14-20/h4-14,27H,1-3H3. The van der Waals surface area contributed by atoms with E-state index in [-0.39, 0.29) is 17.0 Å². The highest BCUT2D eigenvalue weighted by Crippen LogP contribution is 2.35. The molecule has 150 valence electrons. The fourth-order valence-corrected chi connectivity index (χ4v) is 3.71. The molecule has 3 aromatic rings. The molecule has 0 saturated carbocycles. The highest BCUT2D eigenvalue weighted by atomic mass is 19.1. The molecule has 0 unspecified atom stereocenters. The molecule has 0 atom stereocenters. The molecular weight excluding hydrogens is 379 g/mol. The molecule has 2 amide bonds. The van der Waals surface area contributed by atoms with Crippen molar-refractivity contribution < 1.29 is 14.0 Å². The fourth-order valence-electron chi connectivity index (χ4n) is 3.71. The van der Waals surface area contributed by atoms with Crippen molar-refractivity contribution in [3.63, 3.8) is 0 Å². The number of amides is 2. The van der Waals surface area contributed by atoms with E-state index in [4.69, 9.17) is 0 Å². The van der Waals surface area contributed by atoms with Crippen LogP contribution in [-0.4, -0.2) is 11.8 Å². The quantitative estimate of drug-likeness (QED) is 0.617. The van der Waals surface area contributed by atoms with Gasteiger partial charge in [0.25, 0.3) is 11.8 Å². The first-order valence-corrected chi connectivity index (χ1v) is 9.65. The topological polar surface area (TPSA) is 49.4 Å². The van der Waals surface area contributed by atoms with Crippen molar-refractivity contribution in [2.75, 3.05) is 10.2 Å². The molecule has 4 rings (SSSR count). The summed E-state index contributed by atoms with van der Waals surface area (Å²) in [5, 5.41) is 3.14. The molecule has 0 fully saturated rings. The third-order valence-corrected chi connectivity index (χ3v) is 5.09. The summed E-state index contributed by atoms with van der Waals surface area (Å²) in [6.07, 6.45) is 0. The van der Waals surface area contributed by atoms with Crippen molar-refractivity contribution in [3.8, 4) is 0 Å². The lowest BCUT2D eigenvalue weighted by atomic mass is 9.97. The Kier molecular flexibility index (Phi) is 4.96. The van der Waals surface area contributed by atoms with Crippen molar-refractivity contribution in [2.24, 2.45) is 0 Å². The summed E-state index contributed by atoms with van der Waals surface area (Å²) in [6.45, 7) is 5.82. The fraction of sp³-hybridized carbons (Fsp3) is 0.120. The maximum Gasteiger partial charge on any atom is 0.282 e. The second-order valence-corrected chi connectivity index (χ2v) is 7.49. The predicted molar refractivity (Wildman–Crippen MR) is 117 cm³/mol. The van der Waals surface area contributed by atoms with Crippen LogP contribution in [0.4, 0.5) is 15.8 Å². The average molecular weight is 400 g/mol. The van der Waals surface area contributed by atoms with E-state index in [9.17, 15) is 14.0 Å². The van der Waals surface area contributed by atoms with Crippen LogP contribution in [0.5, 0.6) is 0 Å². The van der Waals surface area contributed by atoms with Gasteiger partial charge < -0.3 is 5.32 Å². The van der Waals surface area contributed by atoms with Crippen LogP contribution in [0.25, 0.3) is 5.57 Å². The third kappa shape index (κ3) is 3.50. The Morgan fingerprint density at radius 1 is 0.800 bits per heavy atom. The molecule has 0 aliphatic carbocycles. The number of carbonyl (C=O) groups is 2. The van der Waals surface area contributed by atoms with Gasteiger partial charge in [-0.1, -0.05) is 42.0 Å². The van der Waals surface area contributed by atoms with Crippen LogP contribution >= 0.6 is 0 Å². The summed E-state index contributed by atoms with van der Waals surface area (Å²) in [5.74, 6) is -1.50. The van der Waals surface area contributed by atoms with E-state index in [1.165, 1.54) is 18.2 Å². The Bertz CT molecular complexity index is 1210. The Labute approximate surface area is 174 Å². The van der Waals surface area contributed by atoms with Gasteiger partial charge in [-0.2, -0.15) is 0 Å². The van der Waals surface area contributed by atoms with Crippen LogP contribution in [0.15, 0.2) is 72.4 Å². The number of halogens is 1. The number of anilines is 2. The number of aryl methyl sites for hydroxylation is 3. The van der Waals surface area contributed by atoms with Gasteiger partial charge in [0.2, 0.25) is 0 Å². The van der Waals surface area contributed by atoms with E-state index < -0.39 is 17.6 Å². The minimum absolute atomic E-state index is 0.182. The van der Waals surface area contributed by atoms with Crippen LogP contribution in [-0.2, 0) is 9.59 Å². The van der Waals surface area contributed by atoms with Crippen molar-refractivity contribution in [1.82, 2.24) is 0 Å². The van der Waals surface area contributed by atoms with Crippen molar-refractivity contribution in [2.45, 2.75) is 20.8 Å². The SMILES string of the molecule is Cc1cccc(NC2=C(c3ccc(C)cc3C)C(=O)N(c3cccc(F)c3)C2=O)c1. The number of hydrogen-bond donors (Lipinski definition) is 1. The number of carbonyl (C=O) groups excluding carboxylic acids is 2. The smallest absolute Gasteiger partial charge is 0.282 e. The third-order valence-electron chi connectivity index (χ3n) is 5.09. The average Bonchev–Trinajstić information content (AvgIpc) is 2.92. The number of nitrogens with zero attached hydrogens (tertiary/aromatic N) is 1. The van der Waals surface area contributed by atoms with Crippen molar-refractivity contribution in [3.05, 3.63) is 100 Å². The van der Waals surface area contributed by atoms with Gasteiger partial charge in [-0.05, 0) is 67.8 Å². The number of hydrogen-bond acceptors (Lipinski definition) is 3. The second kappa shape index (κ2) is 7.59. The van der Waals surface area contributed by atoms with Gasteiger partial charge in [-0.25, -0.2) is 9.29 Å². The molecule has 1 aliphatic heterocycles. The molecule has 1 heterocycles. The van der Waals surface area contributed by atoms with Gasteiger partial charge in [0, 0.05) is 5.69 Å². The van der Waals surface area contributed by atoms with Gasteiger partial charge in [0.05, 0.1) is 11.3 Å². The first-order valence-electron chi connectivity index (χ1n) is 9.65. The van der Waals surface area contributed by atoms with Gasteiger partial charge in [-0.15, -0.1) is 0 Å². The number of nitrogens with one attached hydrogen (secondary N) is 1. The maximum atomic E-state index is 13.8. The predicted octanol–water partition coefficient (Wildman–Crippen LogP) is 5.15. The first-order chi connectivity index (χ1) is 14.3. The van der Waals surface area contributed by atoms with Crippen LogP contribution in [0.2, 0.25) is 0 Å². The maximum absolute atomic E-state index is 13.8. The van der Waals surface area contributed by atoms with E-state index in [0.29, 0.717) is 11.3 Å². The summed E-state index contributed by atoms with van der Waals surface area (Å²) in [4.78, 5) is 27.8. The van der Waals surface area contributed by atoms with Crippen LogP contribution < -0.4 is 10.2 Å². The summed E-state index contributed by atoms with van der Waals surface area (Å²) in [7, 11) is 0. The van der Waals surface area contributed by atoms with E-state index in [0.717, 1.165) is 21.6 Å². The summed E-state index contributed by atoms with van der Waals surface area (Å²) in [6, 6.07) is 18.8. The van der Waals surface area contributed by atoms with Crippen LogP contribution in [0.3, 0.4) is 0 Å². The molecule has 0 spiro atoms. The minimum Gasteiger partial charge on any atom is -0.350 e. The van der Waals surface area contributed by atoms with Gasteiger partial charge in [-0.3, -0.25) is 9.59 Å². The zero-order valence-electron chi connectivity index (χ0n) is 17.0. The number of benzene rings is 3. The normalized spacial score (nSPS) is 13.9. The molecule has 1 N–H and O–H groups in total. The molecule has 0 bridgehead atoms. The van der Waals surface area contributed by atoms with E-state index >= 15 is 0 Å². The van der Waals surface area contributed by atoms with Gasteiger partial charge in [0.15, 0.2) is 0 Å². The first kappa shape index (κ1) is 19.6. The van der Waals surface area contributed by atoms with Crippen molar-refractivity contribution in [1.29, 1.82) is 0 Å². The minimum atomic E-state index is -0.513. The molecular formula is C25H21FN2O2. The molecule has 4 nitrogen and oxygen atoms in total. The second-order valence-electron chi connectivity index (χ2n) is 7.49. The highest BCUT2D eigenvalue weighted by Gasteiger charge is 2.40. The lowest BCUT2D eigenvalue weighted by molar-refractivity contribution is -0.120. The molecule has 0 radical (unpaired) electrons. The Morgan fingerprint density at radius 3 is 2.23 bits per heavy atom. The molecule has 5 heteroatoms. The lowest BCUT2D eigenvalue weighted by Gasteiger charge is -2.15. The Hall–Kier alpha value is -3.73. The largest absolute Gasteiger partial charge is 0.350 e. The summed E-state index contributed by atoms with van der Waals surface area (Å²) in [5.41, 5.74) is 5.01. The zero-order valence-corrected chi connectivity index (χ0v) is 17.0. The molecule has 0 saturated heterocycles. The van der Waals surface area contributed by atoms with E-state index in [1.807, 2.05) is 63.2 Å². The number of imide groups is 1. The molecule has 30 heavy (non-hydrogen) atoms. The van der Waals surface area contributed by atoms with Crippen molar-refractivity contribution >= 4 is 28.8 Å². The highest BCUT2D eigenvalue weighted by molar-refractivity contribution is 6.46. The van der Waals surface area contributed by atoms with E-state index in [2.05, 4.69) is 5.32 Å². The Morgan fingerprint density at radius 2 is 1.53 bits per heavy atom. The van der Waals surface area contributed by atoms with Gasteiger partial charge >= 0.3 is 0 Å². The molecule has 1 aliphatic rings. The molecule has 3 aromatic carbocycles. The number of rotatable bonds is 4. The van der Waals surface area contributed by atoms with Crippen LogP contribution in [0, 0.1) is 26.6 Å². The zero-order chi connectivity index (χ0) is 21.4. The lowest BCUT2D eigenvalue weighted by Crippen LogP contribution is -2.32. The summed E-state index contributed by atoms with van der Waals surface area (Å²) < 4.78 is 13.8. The Balaban J connectivity index is 1.87. The van der Waals surface area contributed by atoms with E-state index in [1.54, 1.807) is 6.07 Å². The molecule has 0 aromatic heterocycles.